The van der Waals surface area contributed by atoms with E-state index < -0.39 is 28.4 Å². The Morgan fingerprint density at radius 2 is 1.10 bits per heavy atom. The molecule has 0 aliphatic carbocycles. The molecular formula is C20H24N6O5. The number of hydrogen-bond donors (Lipinski definition) is 2. The van der Waals surface area contributed by atoms with E-state index in [0.29, 0.717) is 11.3 Å². The van der Waals surface area contributed by atoms with Gasteiger partial charge in [-0.3, -0.25) is 27.9 Å². The number of methoxy groups -OCH3 is 1. The number of benzene rings is 1. The summed E-state index contributed by atoms with van der Waals surface area (Å²) in [4.78, 5) is 51.0. The number of nitrogens with two attached hydrogens (primary N) is 2. The van der Waals surface area contributed by atoms with Gasteiger partial charge in [-0.2, -0.15) is 0 Å². The van der Waals surface area contributed by atoms with Crippen molar-refractivity contribution in [3.05, 3.63) is 82.6 Å². The number of aromatic nitrogens is 4. The molecule has 3 aromatic rings. The van der Waals surface area contributed by atoms with Crippen LogP contribution in [0.2, 0.25) is 0 Å². The maximum atomic E-state index is 13.2. The van der Waals surface area contributed by atoms with Gasteiger partial charge < -0.3 is 16.2 Å². The number of anilines is 2. The number of rotatable bonds is 4. The van der Waals surface area contributed by atoms with Crippen molar-refractivity contribution >= 4 is 11.6 Å². The van der Waals surface area contributed by atoms with Gasteiger partial charge in [-0.05, 0) is 17.7 Å². The van der Waals surface area contributed by atoms with E-state index in [0.717, 1.165) is 18.3 Å². The highest BCUT2D eigenvalue weighted by atomic mass is 16.5. The van der Waals surface area contributed by atoms with Gasteiger partial charge in [-0.1, -0.05) is 12.1 Å². The average Bonchev–Trinajstić information content (AvgIpc) is 2.78. The van der Waals surface area contributed by atoms with Crippen LogP contribution in [-0.4, -0.2) is 25.4 Å². The highest BCUT2D eigenvalue weighted by Gasteiger charge is 2.31. The lowest BCUT2D eigenvalue weighted by molar-refractivity contribution is 0.414. The van der Waals surface area contributed by atoms with Gasteiger partial charge in [0.05, 0.1) is 24.2 Å². The van der Waals surface area contributed by atoms with E-state index >= 15 is 0 Å². The summed E-state index contributed by atoms with van der Waals surface area (Å²) in [5, 5.41) is 0. The van der Waals surface area contributed by atoms with Gasteiger partial charge >= 0.3 is 11.4 Å². The number of nitrogen functional groups attached to an aromatic ring is 2. The predicted molar refractivity (Wildman–Crippen MR) is 117 cm³/mol. The molecule has 0 spiro atoms. The minimum absolute atomic E-state index is 0.00258. The SMILES string of the molecule is COc1ccc(C(c2c(N)n(C)c(=O)n(C)c2=O)c2c(N)n(C)c(=O)n(C)c2=O)cc1. The summed E-state index contributed by atoms with van der Waals surface area (Å²) >= 11 is 0. The van der Waals surface area contributed by atoms with E-state index in [2.05, 4.69) is 0 Å². The van der Waals surface area contributed by atoms with Crippen molar-refractivity contribution in [3.63, 3.8) is 0 Å². The first-order valence-corrected chi connectivity index (χ1v) is 9.27. The molecule has 0 fully saturated rings. The van der Waals surface area contributed by atoms with E-state index in [4.69, 9.17) is 16.2 Å². The van der Waals surface area contributed by atoms with E-state index in [1.807, 2.05) is 0 Å². The molecule has 1 aromatic carbocycles. The Morgan fingerprint density at radius 1 is 0.710 bits per heavy atom. The van der Waals surface area contributed by atoms with Crippen molar-refractivity contribution < 1.29 is 4.74 Å². The maximum absolute atomic E-state index is 13.2. The molecule has 31 heavy (non-hydrogen) atoms. The minimum atomic E-state index is -1.04. The van der Waals surface area contributed by atoms with Gasteiger partial charge in [0.15, 0.2) is 0 Å². The Kier molecular flexibility index (Phi) is 5.36. The fraction of sp³-hybridized carbons (Fsp3) is 0.300. The second-order valence-corrected chi connectivity index (χ2v) is 7.22. The van der Waals surface area contributed by atoms with Crippen LogP contribution in [-0.2, 0) is 28.2 Å². The van der Waals surface area contributed by atoms with Crippen molar-refractivity contribution in [2.24, 2.45) is 28.2 Å². The second kappa shape index (κ2) is 7.67. The van der Waals surface area contributed by atoms with Gasteiger partial charge in [0.1, 0.15) is 17.4 Å². The van der Waals surface area contributed by atoms with Gasteiger partial charge in [0.2, 0.25) is 0 Å². The summed E-state index contributed by atoms with van der Waals surface area (Å²) in [6, 6.07) is 6.65. The molecule has 0 amide bonds. The van der Waals surface area contributed by atoms with Gasteiger partial charge in [-0.25, -0.2) is 9.59 Å². The third-order valence-corrected chi connectivity index (χ3v) is 5.52. The lowest BCUT2D eigenvalue weighted by Crippen LogP contribution is -2.44. The molecule has 164 valence electrons. The first kappa shape index (κ1) is 21.7. The van der Waals surface area contributed by atoms with Crippen LogP contribution in [0.3, 0.4) is 0 Å². The molecule has 2 aromatic heterocycles. The van der Waals surface area contributed by atoms with Crippen LogP contribution in [0.25, 0.3) is 0 Å². The highest BCUT2D eigenvalue weighted by molar-refractivity contribution is 5.57. The third-order valence-electron chi connectivity index (χ3n) is 5.52. The summed E-state index contributed by atoms with van der Waals surface area (Å²) < 4.78 is 9.25. The summed E-state index contributed by atoms with van der Waals surface area (Å²) in [5.74, 6) is -0.694. The lowest BCUT2D eigenvalue weighted by Gasteiger charge is -2.23. The van der Waals surface area contributed by atoms with E-state index in [1.165, 1.54) is 35.3 Å². The second-order valence-electron chi connectivity index (χ2n) is 7.22. The number of hydrogen-bond acceptors (Lipinski definition) is 7. The van der Waals surface area contributed by atoms with E-state index in [1.54, 1.807) is 24.3 Å². The molecule has 0 atom stereocenters. The van der Waals surface area contributed by atoms with Crippen molar-refractivity contribution in [2.75, 3.05) is 18.6 Å². The van der Waals surface area contributed by atoms with E-state index in [9.17, 15) is 19.2 Å². The van der Waals surface area contributed by atoms with Gasteiger partial charge in [-0.15, -0.1) is 0 Å². The normalized spacial score (nSPS) is 11.2. The van der Waals surface area contributed by atoms with Crippen molar-refractivity contribution in [2.45, 2.75) is 5.92 Å². The summed E-state index contributed by atoms with van der Waals surface area (Å²) in [7, 11) is 7.00. The highest BCUT2D eigenvalue weighted by Crippen LogP contribution is 2.34. The van der Waals surface area contributed by atoms with Crippen LogP contribution in [0.5, 0.6) is 5.75 Å². The molecule has 11 heteroatoms. The van der Waals surface area contributed by atoms with E-state index in [-0.39, 0.29) is 22.8 Å². The first-order valence-electron chi connectivity index (χ1n) is 9.27. The zero-order chi connectivity index (χ0) is 23.2. The largest absolute Gasteiger partial charge is 0.497 e. The Bertz CT molecular complexity index is 1320. The lowest BCUT2D eigenvalue weighted by atomic mass is 9.86. The zero-order valence-electron chi connectivity index (χ0n) is 17.9. The maximum Gasteiger partial charge on any atom is 0.332 e. The van der Waals surface area contributed by atoms with Gasteiger partial charge in [0.25, 0.3) is 11.1 Å². The minimum Gasteiger partial charge on any atom is -0.497 e. The van der Waals surface area contributed by atoms with Crippen LogP contribution in [0.15, 0.2) is 43.4 Å². The fourth-order valence-electron chi connectivity index (χ4n) is 3.59. The summed E-state index contributed by atoms with van der Waals surface area (Å²) in [5.41, 5.74) is 10.3. The molecule has 0 saturated heterocycles. The van der Waals surface area contributed by atoms with Crippen molar-refractivity contribution in [3.8, 4) is 5.75 Å². The molecule has 0 radical (unpaired) electrons. The third kappa shape index (κ3) is 3.23. The zero-order valence-corrected chi connectivity index (χ0v) is 17.9. The molecular weight excluding hydrogens is 404 g/mol. The predicted octanol–water partition coefficient (Wildman–Crippen LogP) is -1.17. The summed E-state index contributed by atoms with van der Waals surface area (Å²) in [6.45, 7) is 0. The van der Waals surface area contributed by atoms with Crippen LogP contribution in [0.4, 0.5) is 11.6 Å². The Hall–Kier alpha value is -4.02. The Morgan fingerprint density at radius 3 is 1.45 bits per heavy atom. The monoisotopic (exact) mass is 428 g/mol. The van der Waals surface area contributed by atoms with Crippen LogP contribution in [0, 0.1) is 0 Å². The van der Waals surface area contributed by atoms with Gasteiger partial charge in [0, 0.05) is 28.2 Å². The number of ether oxygens (including phenoxy) is 1. The smallest absolute Gasteiger partial charge is 0.332 e. The van der Waals surface area contributed by atoms with Crippen molar-refractivity contribution in [1.82, 2.24) is 18.3 Å². The standard InChI is InChI=1S/C20H24N6O5/c1-23-15(21)13(17(27)25(3)19(23)29)12(10-6-8-11(31-5)9-7-10)14-16(22)24(2)20(30)26(4)18(14)28/h6-9,12H,21-22H2,1-5H3. The first-order chi connectivity index (χ1) is 14.5. The molecule has 11 nitrogen and oxygen atoms in total. The molecule has 0 saturated carbocycles. The van der Waals surface area contributed by atoms with Crippen LogP contribution >= 0.6 is 0 Å². The molecule has 0 bridgehead atoms. The summed E-state index contributed by atoms with van der Waals surface area (Å²) in [6.07, 6.45) is 0. The van der Waals surface area contributed by atoms with Crippen LogP contribution in [0.1, 0.15) is 22.6 Å². The Balaban J connectivity index is 2.54. The molecule has 2 heterocycles. The Labute approximate surface area is 176 Å². The topological polar surface area (TPSA) is 149 Å². The quantitative estimate of drug-likeness (QED) is 0.532. The molecule has 0 unspecified atom stereocenters. The molecule has 0 aliphatic heterocycles. The van der Waals surface area contributed by atoms with Crippen molar-refractivity contribution in [1.29, 1.82) is 0 Å². The fourth-order valence-corrected chi connectivity index (χ4v) is 3.59. The molecule has 0 aliphatic rings. The number of nitrogens with zero attached hydrogens (tertiary/aromatic N) is 4. The molecule has 3 rings (SSSR count). The average molecular weight is 428 g/mol. The van der Waals surface area contributed by atoms with Crippen LogP contribution < -0.4 is 38.7 Å². The molecule has 4 N–H and O–H groups in total.